The molecule has 6 rings (SSSR count). The number of aliphatic carboxylic acids is 1. The van der Waals surface area contributed by atoms with E-state index >= 15 is 0 Å². The second-order valence-electron chi connectivity index (χ2n) is 10.4. The van der Waals surface area contributed by atoms with Gasteiger partial charge in [0.1, 0.15) is 17.6 Å². The number of carbonyl (C=O) groups is 1. The van der Waals surface area contributed by atoms with Crippen LogP contribution in [0.5, 0.6) is 5.75 Å². The number of carboxylic acid groups (broad SMARTS) is 1. The van der Waals surface area contributed by atoms with Gasteiger partial charge in [0.05, 0.1) is 6.61 Å². The van der Waals surface area contributed by atoms with Crippen LogP contribution < -0.4 is 4.74 Å². The predicted molar refractivity (Wildman–Crippen MR) is 108 cm³/mol. The van der Waals surface area contributed by atoms with E-state index in [-0.39, 0.29) is 5.82 Å². The van der Waals surface area contributed by atoms with Gasteiger partial charge in [-0.25, -0.2) is 4.39 Å². The summed E-state index contributed by atoms with van der Waals surface area (Å²) in [5.74, 6) is 2.20. The standard InChI is InChI=1S/C24H32FNO3/c1-15-5-19(13-26-4-2-3-21(26)23(27)28)20(25)9-22(15)29-14-24-10-16-6-17(11-24)8-18(7-16)12-24/h5,9,16-18,21H,2-4,6-8,10-14H2,1H3,(H,27,28)/t16?,17?,18?,21-,24?/m0/s1. The zero-order valence-corrected chi connectivity index (χ0v) is 17.3. The molecular weight excluding hydrogens is 369 g/mol. The van der Waals surface area contributed by atoms with Crippen LogP contribution in [0, 0.1) is 35.9 Å². The van der Waals surface area contributed by atoms with Gasteiger partial charge in [0.25, 0.3) is 0 Å². The molecule has 5 fully saturated rings. The third-order valence-corrected chi connectivity index (χ3v) is 8.07. The van der Waals surface area contributed by atoms with Crippen molar-refractivity contribution in [3.05, 3.63) is 29.1 Å². The zero-order valence-electron chi connectivity index (χ0n) is 17.3. The Balaban J connectivity index is 1.27. The lowest BCUT2D eigenvalue weighted by atomic mass is 9.50. The molecule has 4 nitrogen and oxygen atoms in total. The molecule has 1 atom stereocenters. The molecule has 29 heavy (non-hydrogen) atoms. The molecule has 4 saturated carbocycles. The molecule has 4 aliphatic carbocycles. The van der Waals surface area contributed by atoms with E-state index in [1.807, 2.05) is 17.9 Å². The minimum atomic E-state index is -0.810. The lowest BCUT2D eigenvalue weighted by Gasteiger charge is -2.56. The third-order valence-electron chi connectivity index (χ3n) is 8.07. The molecular formula is C24H32FNO3. The van der Waals surface area contributed by atoms with E-state index in [1.54, 1.807) is 0 Å². The van der Waals surface area contributed by atoms with Crippen molar-refractivity contribution in [1.29, 1.82) is 0 Å². The molecule has 0 aromatic heterocycles. The summed E-state index contributed by atoms with van der Waals surface area (Å²) in [7, 11) is 0. The summed E-state index contributed by atoms with van der Waals surface area (Å²) in [6, 6.07) is 2.88. The van der Waals surface area contributed by atoms with Crippen molar-refractivity contribution < 1.29 is 19.0 Å². The Morgan fingerprint density at radius 1 is 1.21 bits per heavy atom. The highest BCUT2D eigenvalue weighted by molar-refractivity contribution is 5.73. The first-order valence-electron chi connectivity index (χ1n) is 11.3. The summed E-state index contributed by atoms with van der Waals surface area (Å²) in [6.07, 6.45) is 9.57. The SMILES string of the molecule is Cc1cc(CN2CCC[C@H]2C(=O)O)c(F)cc1OCC12CC3CC(CC(C3)C1)C2. The average Bonchev–Trinajstić information content (AvgIpc) is 3.11. The fourth-order valence-electron chi connectivity index (χ4n) is 7.21. The maximum Gasteiger partial charge on any atom is 0.320 e. The monoisotopic (exact) mass is 401 g/mol. The van der Waals surface area contributed by atoms with Gasteiger partial charge in [0.2, 0.25) is 0 Å². The smallest absolute Gasteiger partial charge is 0.320 e. The number of hydrogen-bond acceptors (Lipinski definition) is 3. The van der Waals surface area contributed by atoms with Crippen LogP contribution in [0.15, 0.2) is 12.1 Å². The first-order chi connectivity index (χ1) is 13.9. The molecule has 1 aliphatic heterocycles. The van der Waals surface area contributed by atoms with Crippen LogP contribution in [0.2, 0.25) is 0 Å². The lowest BCUT2D eigenvalue weighted by molar-refractivity contribution is -0.142. The van der Waals surface area contributed by atoms with Gasteiger partial charge in [-0.05, 0) is 94.2 Å². The van der Waals surface area contributed by atoms with Gasteiger partial charge in [0, 0.05) is 23.6 Å². The van der Waals surface area contributed by atoms with Crippen LogP contribution in [0.25, 0.3) is 0 Å². The molecule has 1 aromatic rings. The number of carboxylic acids is 1. The molecule has 158 valence electrons. The highest BCUT2D eigenvalue weighted by Crippen LogP contribution is 2.60. The highest BCUT2D eigenvalue weighted by Gasteiger charge is 2.51. The number of likely N-dealkylation sites (tertiary alicyclic amines) is 1. The summed E-state index contributed by atoms with van der Waals surface area (Å²) in [6.45, 7) is 3.73. The highest BCUT2D eigenvalue weighted by atomic mass is 19.1. The zero-order chi connectivity index (χ0) is 20.2. The van der Waals surface area contributed by atoms with Crippen LogP contribution in [-0.2, 0) is 11.3 Å². The summed E-state index contributed by atoms with van der Waals surface area (Å²) < 4.78 is 21.1. The van der Waals surface area contributed by atoms with Crippen LogP contribution in [-0.4, -0.2) is 35.2 Å². The topological polar surface area (TPSA) is 49.8 Å². The van der Waals surface area contributed by atoms with E-state index in [2.05, 4.69) is 0 Å². The average molecular weight is 402 g/mol. The van der Waals surface area contributed by atoms with Crippen LogP contribution in [0.4, 0.5) is 4.39 Å². The Kier molecular flexibility index (Phi) is 4.84. The van der Waals surface area contributed by atoms with Gasteiger partial charge < -0.3 is 9.84 Å². The van der Waals surface area contributed by atoms with E-state index in [4.69, 9.17) is 4.74 Å². The normalized spacial score (nSPS) is 35.9. The van der Waals surface area contributed by atoms with Crippen molar-refractivity contribution in [2.45, 2.75) is 70.9 Å². The number of rotatable bonds is 6. The maximum absolute atomic E-state index is 14.8. The molecule has 0 amide bonds. The third kappa shape index (κ3) is 3.67. The molecule has 0 unspecified atom stereocenters. The first-order valence-corrected chi connectivity index (χ1v) is 11.3. The number of nitrogens with zero attached hydrogens (tertiary/aromatic N) is 1. The second-order valence-corrected chi connectivity index (χ2v) is 10.4. The van der Waals surface area contributed by atoms with Crippen molar-refractivity contribution >= 4 is 5.97 Å². The molecule has 1 saturated heterocycles. The van der Waals surface area contributed by atoms with Crippen molar-refractivity contribution in [1.82, 2.24) is 4.90 Å². The summed E-state index contributed by atoms with van der Waals surface area (Å²) in [4.78, 5) is 13.3. The van der Waals surface area contributed by atoms with Crippen molar-refractivity contribution in [2.24, 2.45) is 23.2 Å². The minimum absolute atomic E-state index is 0.285. The van der Waals surface area contributed by atoms with Gasteiger partial charge in [-0.2, -0.15) is 0 Å². The van der Waals surface area contributed by atoms with E-state index in [1.165, 1.54) is 44.6 Å². The van der Waals surface area contributed by atoms with E-state index in [0.717, 1.165) is 29.7 Å². The van der Waals surface area contributed by atoms with Gasteiger partial charge in [-0.15, -0.1) is 0 Å². The molecule has 1 heterocycles. The molecule has 0 radical (unpaired) electrons. The van der Waals surface area contributed by atoms with E-state index < -0.39 is 12.0 Å². The Bertz CT molecular complexity index is 772. The molecule has 5 aliphatic rings. The molecule has 4 bridgehead atoms. The summed E-state index contributed by atoms with van der Waals surface area (Å²) in [5, 5.41) is 9.36. The number of benzene rings is 1. The summed E-state index contributed by atoms with van der Waals surface area (Å²) >= 11 is 0. The van der Waals surface area contributed by atoms with Crippen molar-refractivity contribution in [3.8, 4) is 5.75 Å². The van der Waals surface area contributed by atoms with Crippen LogP contribution in [0.1, 0.15) is 62.5 Å². The van der Waals surface area contributed by atoms with E-state index in [0.29, 0.717) is 42.8 Å². The van der Waals surface area contributed by atoms with Gasteiger partial charge in [0.15, 0.2) is 0 Å². The molecule has 0 spiro atoms. The number of halogens is 1. The number of aryl methyl sites for hydroxylation is 1. The quantitative estimate of drug-likeness (QED) is 0.745. The Labute approximate surface area is 172 Å². The predicted octanol–water partition coefficient (Wildman–Crippen LogP) is 4.78. The summed E-state index contributed by atoms with van der Waals surface area (Å²) in [5.41, 5.74) is 1.82. The molecule has 5 heteroatoms. The van der Waals surface area contributed by atoms with Crippen molar-refractivity contribution in [2.75, 3.05) is 13.2 Å². The van der Waals surface area contributed by atoms with Gasteiger partial charge in [-0.1, -0.05) is 0 Å². The van der Waals surface area contributed by atoms with Crippen LogP contribution >= 0.6 is 0 Å². The number of ether oxygens (including phenoxy) is 1. The van der Waals surface area contributed by atoms with Gasteiger partial charge >= 0.3 is 5.97 Å². The van der Waals surface area contributed by atoms with Crippen molar-refractivity contribution in [3.63, 3.8) is 0 Å². The fraction of sp³-hybridized carbons (Fsp3) is 0.708. The first kappa shape index (κ1) is 19.3. The van der Waals surface area contributed by atoms with Crippen LogP contribution in [0.3, 0.4) is 0 Å². The largest absolute Gasteiger partial charge is 0.493 e. The molecule has 1 aromatic carbocycles. The molecule has 1 N–H and O–H groups in total. The Hall–Kier alpha value is -1.62. The minimum Gasteiger partial charge on any atom is -0.493 e. The maximum atomic E-state index is 14.8. The Morgan fingerprint density at radius 2 is 1.86 bits per heavy atom. The van der Waals surface area contributed by atoms with E-state index in [9.17, 15) is 14.3 Å². The lowest BCUT2D eigenvalue weighted by Crippen LogP contribution is -2.48. The fourth-order valence-corrected chi connectivity index (χ4v) is 7.21. The Morgan fingerprint density at radius 3 is 2.48 bits per heavy atom. The second kappa shape index (κ2) is 7.26. The number of hydrogen-bond donors (Lipinski definition) is 1. The van der Waals surface area contributed by atoms with Gasteiger partial charge in [-0.3, -0.25) is 9.69 Å².